The zero-order valence-corrected chi connectivity index (χ0v) is 16.1. The van der Waals surface area contributed by atoms with Gasteiger partial charge in [0, 0.05) is 44.5 Å². The van der Waals surface area contributed by atoms with Gasteiger partial charge in [-0.05, 0) is 57.2 Å². The lowest BCUT2D eigenvalue weighted by atomic mass is 10.0. The molecular formula is C21H34N4O. The summed E-state index contributed by atoms with van der Waals surface area (Å²) in [6, 6.07) is 11.2. The molecule has 3 rings (SSSR count). The average Bonchev–Trinajstić information content (AvgIpc) is 3.15. The van der Waals surface area contributed by atoms with Gasteiger partial charge >= 0.3 is 6.03 Å². The van der Waals surface area contributed by atoms with Gasteiger partial charge in [-0.1, -0.05) is 24.6 Å². The fraction of sp³-hybridized carbons (Fsp3) is 0.667. The summed E-state index contributed by atoms with van der Waals surface area (Å²) in [4.78, 5) is 17.0. The lowest BCUT2D eigenvalue weighted by Gasteiger charge is -2.33. The molecule has 2 fully saturated rings. The highest BCUT2D eigenvalue weighted by atomic mass is 16.2. The Kier molecular flexibility index (Phi) is 7.18. The van der Waals surface area contributed by atoms with E-state index in [2.05, 4.69) is 57.7 Å². The monoisotopic (exact) mass is 358 g/mol. The van der Waals surface area contributed by atoms with Crippen molar-refractivity contribution >= 4 is 11.7 Å². The molecule has 1 aromatic carbocycles. The molecule has 5 heteroatoms. The maximum atomic E-state index is 12.0. The van der Waals surface area contributed by atoms with Crippen LogP contribution in [-0.4, -0.2) is 56.2 Å². The molecule has 2 atom stereocenters. The molecular weight excluding hydrogens is 324 g/mol. The van der Waals surface area contributed by atoms with Gasteiger partial charge in [0.1, 0.15) is 0 Å². The standard InChI is InChI=1S/C21H34N4O/c1-18-8-5-6-13-24(18)14-7-12-22-21(26)23-16-19-11-15-25(17-19)20-9-3-2-4-10-20/h2-4,9-10,18-19H,5-8,11-17H2,1H3,(H2,22,23,26). The first-order valence-corrected chi connectivity index (χ1v) is 10.3. The number of urea groups is 1. The Hall–Kier alpha value is -1.75. The van der Waals surface area contributed by atoms with Gasteiger partial charge in [-0.25, -0.2) is 4.79 Å². The Morgan fingerprint density at radius 1 is 1.12 bits per heavy atom. The zero-order chi connectivity index (χ0) is 18.2. The van der Waals surface area contributed by atoms with Crippen LogP contribution in [0.4, 0.5) is 10.5 Å². The van der Waals surface area contributed by atoms with E-state index in [1.54, 1.807) is 0 Å². The van der Waals surface area contributed by atoms with E-state index in [4.69, 9.17) is 0 Å². The summed E-state index contributed by atoms with van der Waals surface area (Å²) >= 11 is 0. The van der Waals surface area contributed by atoms with Crippen LogP contribution in [0.15, 0.2) is 30.3 Å². The number of nitrogens with one attached hydrogen (secondary N) is 2. The molecule has 0 aliphatic carbocycles. The number of benzene rings is 1. The number of nitrogens with zero attached hydrogens (tertiary/aromatic N) is 2. The Balaban J connectivity index is 1.26. The molecule has 144 valence electrons. The Bertz CT molecular complexity index is 550. The predicted octanol–water partition coefficient (Wildman–Crippen LogP) is 3.08. The van der Waals surface area contributed by atoms with E-state index < -0.39 is 0 Å². The molecule has 2 amide bonds. The molecule has 2 aliphatic rings. The second-order valence-corrected chi connectivity index (χ2v) is 7.81. The molecule has 2 aliphatic heterocycles. The summed E-state index contributed by atoms with van der Waals surface area (Å²) in [6.07, 6.45) is 6.17. The van der Waals surface area contributed by atoms with Crippen LogP contribution in [0.3, 0.4) is 0 Å². The Morgan fingerprint density at radius 3 is 2.77 bits per heavy atom. The van der Waals surface area contributed by atoms with Crippen molar-refractivity contribution in [2.24, 2.45) is 5.92 Å². The van der Waals surface area contributed by atoms with Gasteiger partial charge < -0.3 is 20.4 Å². The molecule has 0 radical (unpaired) electrons. The summed E-state index contributed by atoms with van der Waals surface area (Å²) in [5, 5.41) is 6.07. The van der Waals surface area contributed by atoms with E-state index in [-0.39, 0.29) is 6.03 Å². The summed E-state index contributed by atoms with van der Waals surface area (Å²) in [6.45, 7) is 8.25. The summed E-state index contributed by atoms with van der Waals surface area (Å²) < 4.78 is 0. The third-order valence-corrected chi connectivity index (χ3v) is 5.81. The van der Waals surface area contributed by atoms with Gasteiger partial charge in [0.2, 0.25) is 0 Å². The highest BCUT2D eigenvalue weighted by Crippen LogP contribution is 2.22. The number of rotatable bonds is 7. The smallest absolute Gasteiger partial charge is 0.314 e. The fourth-order valence-electron chi connectivity index (χ4n) is 4.15. The molecule has 2 N–H and O–H groups in total. The number of amides is 2. The maximum Gasteiger partial charge on any atom is 0.314 e. The highest BCUT2D eigenvalue weighted by Gasteiger charge is 2.23. The molecule has 0 spiro atoms. The lowest BCUT2D eigenvalue weighted by Crippen LogP contribution is -2.41. The summed E-state index contributed by atoms with van der Waals surface area (Å²) in [5.41, 5.74) is 1.28. The first kappa shape index (κ1) is 19.0. The van der Waals surface area contributed by atoms with Gasteiger partial charge in [-0.3, -0.25) is 0 Å². The fourth-order valence-corrected chi connectivity index (χ4v) is 4.15. The first-order valence-electron chi connectivity index (χ1n) is 10.3. The van der Waals surface area contributed by atoms with Crippen LogP contribution in [0.1, 0.15) is 39.0 Å². The highest BCUT2D eigenvalue weighted by molar-refractivity contribution is 5.73. The van der Waals surface area contributed by atoms with E-state index >= 15 is 0 Å². The number of likely N-dealkylation sites (tertiary alicyclic amines) is 1. The van der Waals surface area contributed by atoms with E-state index in [1.165, 1.54) is 31.5 Å². The molecule has 0 aromatic heterocycles. The Labute approximate surface area is 158 Å². The average molecular weight is 359 g/mol. The van der Waals surface area contributed by atoms with Crippen molar-refractivity contribution in [1.82, 2.24) is 15.5 Å². The van der Waals surface area contributed by atoms with Gasteiger partial charge in [0.15, 0.2) is 0 Å². The maximum absolute atomic E-state index is 12.0. The number of carbonyl (C=O) groups is 1. The minimum Gasteiger partial charge on any atom is -0.371 e. The topological polar surface area (TPSA) is 47.6 Å². The number of piperidine rings is 1. The van der Waals surface area contributed by atoms with Crippen molar-refractivity contribution in [3.63, 3.8) is 0 Å². The summed E-state index contributed by atoms with van der Waals surface area (Å²) in [7, 11) is 0. The lowest BCUT2D eigenvalue weighted by molar-refractivity contribution is 0.159. The van der Waals surface area contributed by atoms with Gasteiger partial charge in [0.25, 0.3) is 0 Å². The molecule has 0 saturated carbocycles. The molecule has 2 unspecified atom stereocenters. The second kappa shape index (κ2) is 9.81. The van der Waals surface area contributed by atoms with E-state index in [1.807, 2.05) is 0 Å². The van der Waals surface area contributed by atoms with Crippen molar-refractivity contribution in [2.75, 3.05) is 44.2 Å². The third-order valence-electron chi connectivity index (χ3n) is 5.81. The number of para-hydroxylation sites is 1. The minimum atomic E-state index is -0.0187. The summed E-state index contributed by atoms with van der Waals surface area (Å²) in [5.74, 6) is 0.537. The van der Waals surface area contributed by atoms with Crippen LogP contribution in [-0.2, 0) is 0 Å². The van der Waals surface area contributed by atoms with Gasteiger partial charge in [0.05, 0.1) is 0 Å². The van der Waals surface area contributed by atoms with Crippen molar-refractivity contribution in [3.05, 3.63) is 30.3 Å². The number of hydrogen-bond acceptors (Lipinski definition) is 3. The molecule has 0 bridgehead atoms. The zero-order valence-electron chi connectivity index (χ0n) is 16.1. The normalized spacial score (nSPS) is 23.8. The quantitative estimate of drug-likeness (QED) is 0.737. The van der Waals surface area contributed by atoms with Crippen molar-refractivity contribution < 1.29 is 4.79 Å². The predicted molar refractivity (Wildman–Crippen MR) is 108 cm³/mol. The Morgan fingerprint density at radius 2 is 1.96 bits per heavy atom. The van der Waals surface area contributed by atoms with Gasteiger partial charge in [-0.2, -0.15) is 0 Å². The van der Waals surface area contributed by atoms with E-state index in [0.29, 0.717) is 12.0 Å². The van der Waals surface area contributed by atoms with Crippen LogP contribution in [0.25, 0.3) is 0 Å². The van der Waals surface area contributed by atoms with Crippen molar-refractivity contribution in [3.8, 4) is 0 Å². The third kappa shape index (κ3) is 5.63. The van der Waals surface area contributed by atoms with E-state index in [9.17, 15) is 4.79 Å². The van der Waals surface area contributed by atoms with Crippen LogP contribution in [0.2, 0.25) is 0 Å². The van der Waals surface area contributed by atoms with Crippen molar-refractivity contribution in [2.45, 2.75) is 45.1 Å². The van der Waals surface area contributed by atoms with Crippen LogP contribution in [0, 0.1) is 5.92 Å². The second-order valence-electron chi connectivity index (χ2n) is 7.81. The van der Waals surface area contributed by atoms with Crippen LogP contribution in [0.5, 0.6) is 0 Å². The largest absolute Gasteiger partial charge is 0.371 e. The number of carbonyl (C=O) groups excluding carboxylic acids is 1. The number of anilines is 1. The van der Waals surface area contributed by atoms with Gasteiger partial charge in [-0.15, -0.1) is 0 Å². The van der Waals surface area contributed by atoms with Crippen molar-refractivity contribution in [1.29, 1.82) is 0 Å². The SMILES string of the molecule is CC1CCCCN1CCCNC(=O)NCC1CCN(c2ccccc2)C1. The molecule has 5 nitrogen and oxygen atoms in total. The van der Waals surface area contributed by atoms with Crippen LogP contribution >= 0.6 is 0 Å². The molecule has 26 heavy (non-hydrogen) atoms. The molecule has 2 heterocycles. The molecule has 1 aromatic rings. The number of hydrogen-bond donors (Lipinski definition) is 2. The van der Waals surface area contributed by atoms with Crippen LogP contribution < -0.4 is 15.5 Å². The molecule has 2 saturated heterocycles. The van der Waals surface area contributed by atoms with E-state index in [0.717, 1.165) is 45.6 Å². The first-order chi connectivity index (χ1) is 12.7. The minimum absolute atomic E-state index is 0.0187.